The van der Waals surface area contributed by atoms with Crippen LogP contribution in [0.3, 0.4) is 0 Å². The van der Waals surface area contributed by atoms with E-state index in [4.69, 9.17) is 0 Å². The molecule has 288 valence electrons. The molecule has 1 aromatic heterocycles. The maximum absolute atomic E-state index is 15.1. The van der Waals surface area contributed by atoms with Gasteiger partial charge < -0.3 is 14.4 Å². The Balaban J connectivity index is 1.14. The third kappa shape index (κ3) is 4.41. The Labute approximate surface area is 353 Å². The third-order valence-corrected chi connectivity index (χ3v) is 14.9. The second kappa shape index (κ2) is 12.4. The molecule has 0 radical (unpaired) electrons. The van der Waals surface area contributed by atoms with Crippen LogP contribution < -0.4 is 9.80 Å². The van der Waals surface area contributed by atoms with E-state index in [-0.39, 0.29) is 0 Å². The summed E-state index contributed by atoms with van der Waals surface area (Å²) in [5, 5.41) is 2.22. The first kappa shape index (κ1) is 34.2. The number of nitrogens with zero attached hydrogens (tertiary/aromatic N) is 3. The van der Waals surface area contributed by atoms with Crippen LogP contribution in [0.4, 0.5) is 34.1 Å². The minimum Gasteiger partial charge on any atom is -0.310 e. The molecule has 0 N–H and O–H groups in total. The Morgan fingerprint density at radius 3 is 1.69 bits per heavy atom. The van der Waals surface area contributed by atoms with Crippen molar-refractivity contribution in [2.24, 2.45) is 0 Å². The normalized spacial score (nSPS) is 14.9. The SMILES string of the molecule is O=S1(=O)c2ccccc2N(c2ccc3c(c2)c2ccccc2n3-c2ccccc2)c2c1ccc1c2-c2ccccc2C12c1ccccc1N(c1ccccc1)c1ccccc12. The predicted molar refractivity (Wildman–Crippen MR) is 246 cm³/mol. The summed E-state index contributed by atoms with van der Waals surface area (Å²) in [6, 6.07) is 73.6. The second-order valence-electron chi connectivity index (χ2n) is 16.0. The topological polar surface area (TPSA) is 45.6 Å². The average Bonchev–Trinajstić information content (AvgIpc) is 3.81. The molecule has 10 aromatic rings. The lowest BCUT2D eigenvalue weighted by molar-refractivity contribution is 0.595. The summed E-state index contributed by atoms with van der Waals surface area (Å²) in [5.41, 5.74) is 14.4. The molecule has 6 heteroatoms. The van der Waals surface area contributed by atoms with Crippen molar-refractivity contribution in [3.05, 3.63) is 235 Å². The fraction of sp³-hybridized carbons (Fsp3) is 0.0182. The minimum atomic E-state index is -3.94. The van der Waals surface area contributed by atoms with Crippen LogP contribution in [0.15, 0.2) is 222 Å². The number of rotatable bonds is 3. The van der Waals surface area contributed by atoms with Crippen LogP contribution >= 0.6 is 0 Å². The Bertz CT molecular complexity index is 3530. The molecule has 5 nitrogen and oxygen atoms in total. The Hall–Kier alpha value is -7.67. The number of sulfone groups is 1. The van der Waals surface area contributed by atoms with Gasteiger partial charge in [0.1, 0.15) is 0 Å². The number of hydrogen-bond acceptors (Lipinski definition) is 4. The van der Waals surface area contributed by atoms with Crippen molar-refractivity contribution in [2.45, 2.75) is 15.2 Å². The lowest BCUT2D eigenvalue weighted by Crippen LogP contribution is -2.36. The van der Waals surface area contributed by atoms with Crippen molar-refractivity contribution in [1.29, 1.82) is 0 Å². The van der Waals surface area contributed by atoms with E-state index in [2.05, 4.69) is 190 Å². The Morgan fingerprint density at radius 1 is 0.377 bits per heavy atom. The molecule has 2 aliphatic heterocycles. The number of para-hydroxylation sites is 6. The molecular formula is C55H35N3O2S. The van der Waals surface area contributed by atoms with Crippen molar-refractivity contribution in [1.82, 2.24) is 4.57 Å². The van der Waals surface area contributed by atoms with Gasteiger partial charge in [0.2, 0.25) is 9.84 Å². The molecule has 61 heavy (non-hydrogen) atoms. The molecule has 1 aliphatic carbocycles. The first-order valence-electron chi connectivity index (χ1n) is 20.6. The zero-order valence-electron chi connectivity index (χ0n) is 32.8. The van der Waals surface area contributed by atoms with E-state index in [0.717, 1.165) is 83.6 Å². The molecule has 0 saturated heterocycles. The number of aromatic nitrogens is 1. The standard InChI is InChI=1S/C55H35N3O2S/c59-61(60)51-30-16-15-29-50(51)58(38-31-33-47-41(35-38)39-21-8-12-26-46(39)56(47)36-17-3-1-4-18-36)54-52(61)34-32-45-53(54)40-22-7-9-23-42(40)55(45)43-24-10-13-27-48(43)57(37-19-5-2-6-20-37)49-28-14-11-25-44(49)55/h1-35H. The van der Waals surface area contributed by atoms with E-state index in [0.29, 0.717) is 21.2 Å². The Morgan fingerprint density at radius 2 is 0.951 bits per heavy atom. The molecule has 3 heterocycles. The molecule has 13 rings (SSSR count). The lowest BCUT2D eigenvalue weighted by atomic mass is 9.64. The molecule has 0 atom stereocenters. The van der Waals surface area contributed by atoms with E-state index < -0.39 is 15.3 Å². The van der Waals surface area contributed by atoms with Crippen LogP contribution in [0.25, 0.3) is 38.6 Å². The summed E-state index contributed by atoms with van der Waals surface area (Å²) in [6.07, 6.45) is 0. The highest BCUT2D eigenvalue weighted by molar-refractivity contribution is 7.92. The van der Waals surface area contributed by atoms with Gasteiger partial charge in [0.05, 0.1) is 49.0 Å². The number of anilines is 6. The number of benzene rings is 9. The fourth-order valence-corrected chi connectivity index (χ4v) is 12.4. The van der Waals surface area contributed by atoms with Gasteiger partial charge in [-0.2, -0.15) is 0 Å². The van der Waals surface area contributed by atoms with E-state index in [1.807, 2.05) is 30.3 Å². The van der Waals surface area contributed by atoms with Crippen LogP contribution in [0, 0.1) is 0 Å². The highest BCUT2D eigenvalue weighted by Gasteiger charge is 2.54. The molecule has 3 aliphatic rings. The van der Waals surface area contributed by atoms with Crippen molar-refractivity contribution in [3.63, 3.8) is 0 Å². The second-order valence-corrected chi connectivity index (χ2v) is 17.9. The molecule has 9 aromatic carbocycles. The fourth-order valence-electron chi connectivity index (χ4n) is 10.8. The molecule has 1 spiro atoms. The van der Waals surface area contributed by atoms with Gasteiger partial charge in [-0.05, 0) is 107 Å². The quantitative estimate of drug-likeness (QED) is 0.179. The molecule has 0 unspecified atom stereocenters. The van der Waals surface area contributed by atoms with Gasteiger partial charge >= 0.3 is 0 Å². The van der Waals surface area contributed by atoms with Gasteiger partial charge in [0.25, 0.3) is 0 Å². The number of fused-ring (bicyclic) bond motifs is 15. The van der Waals surface area contributed by atoms with Gasteiger partial charge in [0, 0.05) is 33.4 Å². The van der Waals surface area contributed by atoms with E-state index in [1.54, 1.807) is 6.07 Å². The van der Waals surface area contributed by atoms with Gasteiger partial charge in [-0.25, -0.2) is 8.42 Å². The predicted octanol–water partition coefficient (Wildman–Crippen LogP) is 13.5. The summed E-state index contributed by atoms with van der Waals surface area (Å²) in [6.45, 7) is 0. The maximum atomic E-state index is 15.1. The van der Waals surface area contributed by atoms with Crippen LogP contribution in [0.1, 0.15) is 22.3 Å². The van der Waals surface area contributed by atoms with Crippen LogP contribution in [0.2, 0.25) is 0 Å². The average molecular weight is 802 g/mol. The zero-order chi connectivity index (χ0) is 40.5. The smallest absolute Gasteiger partial charge is 0.210 e. The van der Waals surface area contributed by atoms with E-state index >= 15 is 8.42 Å². The maximum Gasteiger partial charge on any atom is 0.210 e. The molecular weight excluding hydrogens is 767 g/mol. The monoisotopic (exact) mass is 801 g/mol. The molecule has 0 fully saturated rings. The molecule has 0 bridgehead atoms. The van der Waals surface area contributed by atoms with E-state index in [9.17, 15) is 0 Å². The van der Waals surface area contributed by atoms with Gasteiger partial charge in [-0.15, -0.1) is 0 Å². The van der Waals surface area contributed by atoms with Crippen molar-refractivity contribution >= 4 is 65.8 Å². The molecule has 0 saturated carbocycles. The van der Waals surface area contributed by atoms with Crippen LogP contribution in [-0.4, -0.2) is 13.0 Å². The summed E-state index contributed by atoms with van der Waals surface area (Å²) in [4.78, 5) is 5.17. The molecule has 0 amide bonds. The highest BCUT2D eigenvalue weighted by atomic mass is 32.2. The van der Waals surface area contributed by atoms with Gasteiger partial charge in [-0.1, -0.05) is 133 Å². The summed E-state index contributed by atoms with van der Waals surface area (Å²) < 4.78 is 32.4. The van der Waals surface area contributed by atoms with Crippen LogP contribution in [0.5, 0.6) is 0 Å². The first-order chi connectivity index (χ1) is 30.1. The summed E-state index contributed by atoms with van der Waals surface area (Å²) in [7, 11) is -3.94. The van der Waals surface area contributed by atoms with Crippen LogP contribution in [-0.2, 0) is 15.3 Å². The summed E-state index contributed by atoms with van der Waals surface area (Å²) >= 11 is 0. The summed E-state index contributed by atoms with van der Waals surface area (Å²) in [5.74, 6) is 0. The third-order valence-electron chi connectivity index (χ3n) is 13.1. The minimum absolute atomic E-state index is 0.294. The van der Waals surface area contributed by atoms with Gasteiger partial charge in [0.15, 0.2) is 0 Å². The largest absolute Gasteiger partial charge is 0.310 e. The van der Waals surface area contributed by atoms with Gasteiger partial charge in [-0.3, -0.25) is 0 Å². The van der Waals surface area contributed by atoms with Crippen molar-refractivity contribution in [3.8, 4) is 16.8 Å². The zero-order valence-corrected chi connectivity index (χ0v) is 33.6. The van der Waals surface area contributed by atoms with E-state index in [1.165, 1.54) is 0 Å². The highest BCUT2D eigenvalue weighted by Crippen LogP contribution is 2.66. The van der Waals surface area contributed by atoms with Crippen molar-refractivity contribution < 1.29 is 8.42 Å². The first-order valence-corrected chi connectivity index (χ1v) is 22.1. The van der Waals surface area contributed by atoms with Crippen molar-refractivity contribution in [2.75, 3.05) is 9.80 Å². The number of hydrogen-bond donors (Lipinski definition) is 0. The lowest BCUT2D eigenvalue weighted by Gasteiger charge is -2.45. The Kier molecular flexibility index (Phi) is 6.97.